The highest BCUT2D eigenvalue weighted by atomic mass is 35.5. The van der Waals surface area contributed by atoms with Gasteiger partial charge in [-0.3, -0.25) is 0 Å². The third-order valence-corrected chi connectivity index (χ3v) is 4.80. The van der Waals surface area contributed by atoms with Gasteiger partial charge in [0.05, 0.1) is 10.9 Å². The van der Waals surface area contributed by atoms with Crippen LogP contribution in [0.1, 0.15) is 17.4 Å². The molecular weight excluding hydrogens is 332 g/mol. The summed E-state index contributed by atoms with van der Waals surface area (Å²) in [5, 5.41) is 3.97. The van der Waals surface area contributed by atoms with Crippen LogP contribution in [0.4, 0.5) is 5.69 Å². The fourth-order valence-corrected chi connectivity index (χ4v) is 3.39. The molecule has 116 valence electrons. The van der Waals surface area contributed by atoms with Crippen molar-refractivity contribution in [2.24, 2.45) is 0 Å². The molecule has 0 saturated heterocycles. The summed E-state index contributed by atoms with van der Waals surface area (Å²) in [5.74, 6) is 0. The quantitative estimate of drug-likeness (QED) is 0.558. The van der Waals surface area contributed by atoms with E-state index >= 15 is 0 Å². The summed E-state index contributed by atoms with van der Waals surface area (Å²) in [6, 6.07) is 12.3. The average molecular weight is 351 g/mol. The number of halogens is 1. The highest BCUT2D eigenvalue weighted by Crippen LogP contribution is 2.23. The first-order valence-corrected chi connectivity index (χ1v) is 8.72. The third kappa shape index (κ3) is 4.83. The minimum Gasteiger partial charge on any atom is -0.340 e. The molecule has 0 aliphatic carbocycles. The SMILES string of the molecule is C=CCN(Cc1ccc(Cl)s1)C(=S)Nc1ccc(CC)cc1. The Balaban J connectivity index is 2.03. The summed E-state index contributed by atoms with van der Waals surface area (Å²) in [7, 11) is 0. The van der Waals surface area contributed by atoms with Crippen molar-refractivity contribution in [2.75, 3.05) is 11.9 Å². The molecule has 0 bridgehead atoms. The molecule has 0 fully saturated rings. The predicted molar refractivity (Wildman–Crippen MR) is 102 cm³/mol. The van der Waals surface area contributed by atoms with Crippen LogP contribution in [-0.4, -0.2) is 16.6 Å². The van der Waals surface area contributed by atoms with Crippen LogP contribution in [0.3, 0.4) is 0 Å². The van der Waals surface area contributed by atoms with Crippen molar-refractivity contribution in [3.05, 3.63) is 63.8 Å². The summed E-state index contributed by atoms with van der Waals surface area (Å²) in [5.41, 5.74) is 2.31. The van der Waals surface area contributed by atoms with E-state index in [1.54, 1.807) is 11.3 Å². The smallest absolute Gasteiger partial charge is 0.174 e. The molecule has 1 N–H and O–H groups in total. The van der Waals surface area contributed by atoms with Gasteiger partial charge in [-0.15, -0.1) is 17.9 Å². The van der Waals surface area contributed by atoms with Gasteiger partial charge in [0, 0.05) is 17.1 Å². The lowest BCUT2D eigenvalue weighted by atomic mass is 10.1. The number of hydrogen-bond acceptors (Lipinski definition) is 2. The lowest BCUT2D eigenvalue weighted by molar-refractivity contribution is 0.468. The molecule has 0 atom stereocenters. The van der Waals surface area contributed by atoms with Crippen molar-refractivity contribution in [3.8, 4) is 0 Å². The van der Waals surface area contributed by atoms with E-state index in [9.17, 15) is 0 Å². The van der Waals surface area contributed by atoms with Crippen LogP contribution in [0.5, 0.6) is 0 Å². The Bertz CT molecular complexity index is 634. The average Bonchev–Trinajstić information content (AvgIpc) is 2.93. The second-order valence-electron chi connectivity index (χ2n) is 4.86. The molecule has 2 nitrogen and oxygen atoms in total. The van der Waals surface area contributed by atoms with Crippen LogP contribution in [0.25, 0.3) is 0 Å². The van der Waals surface area contributed by atoms with Crippen molar-refractivity contribution in [1.82, 2.24) is 4.90 Å². The van der Waals surface area contributed by atoms with E-state index in [4.69, 9.17) is 23.8 Å². The molecule has 1 heterocycles. The number of thiocarbonyl (C=S) groups is 1. The molecule has 5 heteroatoms. The van der Waals surface area contributed by atoms with Gasteiger partial charge >= 0.3 is 0 Å². The van der Waals surface area contributed by atoms with Crippen LogP contribution < -0.4 is 5.32 Å². The van der Waals surface area contributed by atoms with Crippen molar-refractivity contribution >= 4 is 46.0 Å². The number of aryl methyl sites for hydroxylation is 1. The topological polar surface area (TPSA) is 15.3 Å². The van der Waals surface area contributed by atoms with Gasteiger partial charge in [-0.25, -0.2) is 0 Å². The standard InChI is InChI=1S/C17H19ClN2S2/c1-3-11-20(12-15-9-10-16(18)22-15)17(21)19-14-7-5-13(4-2)6-8-14/h3,5-10H,1,4,11-12H2,2H3,(H,19,21). The van der Waals surface area contributed by atoms with Crippen molar-refractivity contribution in [3.63, 3.8) is 0 Å². The van der Waals surface area contributed by atoms with E-state index in [0.29, 0.717) is 11.7 Å². The first-order valence-electron chi connectivity index (χ1n) is 7.12. The predicted octanol–water partition coefficient (Wildman–Crippen LogP) is 5.35. The molecular formula is C17H19ClN2S2. The molecule has 0 unspecified atom stereocenters. The van der Waals surface area contributed by atoms with Gasteiger partial charge in [0.1, 0.15) is 0 Å². The van der Waals surface area contributed by atoms with E-state index in [1.807, 2.05) is 18.2 Å². The number of rotatable bonds is 6. The molecule has 0 radical (unpaired) electrons. The highest BCUT2D eigenvalue weighted by Gasteiger charge is 2.10. The number of hydrogen-bond donors (Lipinski definition) is 1. The Morgan fingerprint density at radius 3 is 2.59 bits per heavy atom. The number of anilines is 1. The maximum absolute atomic E-state index is 5.99. The third-order valence-electron chi connectivity index (χ3n) is 3.23. The lowest BCUT2D eigenvalue weighted by Crippen LogP contribution is -2.34. The van der Waals surface area contributed by atoms with E-state index < -0.39 is 0 Å². The Kier molecular flexibility index (Phi) is 6.43. The molecule has 0 aliphatic heterocycles. The molecule has 1 aromatic carbocycles. The summed E-state index contributed by atoms with van der Waals surface area (Å²) in [6.07, 6.45) is 2.88. The molecule has 0 saturated carbocycles. The van der Waals surface area contributed by atoms with Gasteiger partial charge in [0.25, 0.3) is 0 Å². The van der Waals surface area contributed by atoms with Gasteiger partial charge in [0.2, 0.25) is 0 Å². The largest absolute Gasteiger partial charge is 0.340 e. The molecule has 0 aliphatic rings. The van der Waals surface area contributed by atoms with Crippen molar-refractivity contribution in [2.45, 2.75) is 19.9 Å². The van der Waals surface area contributed by atoms with Crippen LogP contribution in [-0.2, 0) is 13.0 Å². The molecule has 22 heavy (non-hydrogen) atoms. The zero-order chi connectivity index (χ0) is 15.9. The van der Waals surface area contributed by atoms with Crippen LogP contribution in [0.2, 0.25) is 4.34 Å². The Morgan fingerprint density at radius 2 is 2.05 bits per heavy atom. The van der Waals surface area contributed by atoms with Gasteiger partial charge in [-0.1, -0.05) is 36.7 Å². The number of nitrogens with zero attached hydrogens (tertiary/aromatic N) is 1. The fraction of sp³-hybridized carbons (Fsp3) is 0.235. The van der Waals surface area contributed by atoms with Crippen LogP contribution >= 0.6 is 35.2 Å². The second kappa shape index (κ2) is 8.32. The van der Waals surface area contributed by atoms with E-state index in [1.165, 1.54) is 10.4 Å². The summed E-state index contributed by atoms with van der Waals surface area (Å²) < 4.78 is 0.794. The van der Waals surface area contributed by atoms with Crippen LogP contribution in [0, 0.1) is 0 Å². The Labute approximate surface area is 146 Å². The maximum atomic E-state index is 5.99. The molecule has 2 rings (SSSR count). The first kappa shape index (κ1) is 17.0. The minimum absolute atomic E-state index is 0.689. The van der Waals surface area contributed by atoms with Crippen molar-refractivity contribution < 1.29 is 0 Å². The van der Waals surface area contributed by atoms with Crippen LogP contribution in [0.15, 0.2) is 49.1 Å². The molecule has 2 aromatic rings. The lowest BCUT2D eigenvalue weighted by Gasteiger charge is -2.24. The summed E-state index contributed by atoms with van der Waals surface area (Å²) >= 11 is 13.1. The van der Waals surface area contributed by atoms with Gasteiger partial charge < -0.3 is 10.2 Å². The Morgan fingerprint density at radius 1 is 1.32 bits per heavy atom. The molecule has 0 amide bonds. The van der Waals surface area contributed by atoms with Gasteiger partial charge in [0.15, 0.2) is 5.11 Å². The van der Waals surface area contributed by atoms with E-state index in [-0.39, 0.29) is 0 Å². The Hall–Kier alpha value is -1.36. The molecule has 1 aromatic heterocycles. The summed E-state index contributed by atoms with van der Waals surface area (Å²) in [4.78, 5) is 3.25. The van der Waals surface area contributed by atoms with E-state index in [2.05, 4.69) is 48.0 Å². The fourth-order valence-electron chi connectivity index (χ4n) is 2.03. The number of nitrogens with one attached hydrogen (secondary N) is 1. The maximum Gasteiger partial charge on any atom is 0.174 e. The minimum atomic E-state index is 0.689. The van der Waals surface area contributed by atoms with Gasteiger partial charge in [-0.05, 0) is 48.5 Å². The highest BCUT2D eigenvalue weighted by molar-refractivity contribution is 7.80. The zero-order valence-corrected chi connectivity index (χ0v) is 14.9. The zero-order valence-electron chi connectivity index (χ0n) is 12.5. The monoisotopic (exact) mass is 350 g/mol. The number of thiophene rings is 1. The van der Waals surface area contributed by atoms with Gasteiger partial charge in [-0.2, -0.15) is 0 Å². The van der Waals surface area contributed by atoms with Crippen molar-refractivity contribution in [1.29, 1.82) is 0 Å². The normalized spacial score (nSPS) is 10.3. The number of benzene rings is 1. The molecule has 0 spiro atoms. The van der Waals surface area contributed by atoms with E-state index in [0.717, 1.165) is 23.0 Å². The second-order valence-corrected chi connectivity index (χ2v) is 7.04. The summed E-state index contributed by atoms with van der Waals surface area (Å²) in [6.45, 7) is 7.36. The first-order chi connectivity index (χ1) is 10.6.